The summed E-state index contributed by atoms with van der Waals surface area (Å²) >= 11 is 8.56. The lowest BCUT2D eigenvalue weighted by Gasteiger charge is -2.15. The third kappa shape index (κ3) is 2.62. The van der Waals surface area contributed by atoms with Crippen LogP contribution in [0.5, 0.6) is 0 Å². The van der Waals surface area contributed by atoms with Crippen LogP contribution in [0.25, 0.3) is 0 Å². The Hall–Kier alpha value is -0.260. The van der Waals surface area contributed by atoms with E-state index in [-0.39, 0.29) is 5.56 Å². The van der Waals surface area contributed by atoms with Gasteiger partial charge in [-0.15, -0.1) is 0 Å². The molecule has 0 heterocycles. The van der Waals surface area contributed by atoms with Gasteiger partial charge >= 0.3 is 6.18 Å². The minimum atomic E-state index is -4.66. The lowest BCUT2D eigenvalue weighted by Crippen LogP contribution is -2.20. The highest BCUT2D eigenvalue weighted by Crippen LogP contribution is 2.34. The second-order valence-corrected chi connectivity index (χ2v) is 3.88. The van der Waals surface area contributed by atoms with Crippen molar-refractivity contribution in [3.05, 3.63) is 33.3 Å². The van der Waals surface area contributed by atoms with E-state index in [0.717, 1.165) is 12.1 Å². The maximum absolute atomic E-state index is 12.1. The zero-order chi connectivity index (χ0) is 10.9. The summed E-state index contributed by atoms with van der Waals surface area (Å²) in [6.45, 7) is 0. The molecule has 0 bridgehead atoms. The van der Waals surface area contributed by atoms with E-state index in [9.17, 15) is 13.2 Å². The Balaban J connectivity index is 3.03. The minimum Gasteiger partial charge on any atom is -0.379 e. The highest BCUT2D eigenvalue weighted by Gasteiger charge is 2.39. The number of benzene rings is 1. The Kier molecular flexibility index (Phi) is 3.44. The smallest absolute Gasteiger partial charge is 0.379 e. The molecule has 78 valence electrons. The predicted molar refractivity (Wildman–Crippen MR) is 50.2 cm³/mol. The van der Waals surface area contributed by atoms with Gasteiger partial charge in [0.15, 0.2) is 6.10 Å². The molecule has 0 aliphatic rings. The molecule has 0 spiro atoms. The summed E-state index contributed by atoms with van der Waals surface area (Å²) in [5.41, 5.74) is -0.242. The van der Waals surface area contributed by atoms with Crippen molar-refractivity contribution in [2.45, 2.75) is 12.3 Å². The number of halogens is 5. The van der Waals surface area contributed by atoms with Gasteiger partial charge in [-0.3, -0.25) is 0 Å². The van der Waals surface area contributed by atoms with E-state index in [1.54, 1.807) is 0 Å². The first kappa shape index (κ1) is 11.8. The molecular formula is C8H5BrClF3O. The van der Waals surface area contributed by atoms with Crippen LogP contribution in [0.3, 0.4) is 0 Å². The fourth-order valence-corrected chi connectivity index (χ4v) is 1.39. The number of hydrogen-bond acceptors (Lipinski definition) is 1. The molecule has 0 amide bonds. The highest BCUT2D eigenvalue weighted by molar-refractivity contribution is 9.10. The van der Waals surface area contributed by atoms with Gasteiger partial charge in [-0.05, 0) is 33.6 Å². The van der Waals surface area contributed by atoms with E-state index in [1.807, 2.05) is 0 Å². The summed E-state index contributed by atoms with van der Waals surface area (Å²) in [6, 6.07) is 3.56. The van der Waals surface area contributed by atoms with Crippen LogP contribution in [0.1, 0.15) is 11.7 Å². The molecular weight excluding hydrogens is 284 g/mol. The predicted octanol–water partition coefficient (Wildman–Crippen LogP) is 3.70. The van der Waals surface area contributed by atoms with Crippen molar-refractivity contribution in [3.63, 3.8) is 0 Å². The summed E-state index contributed by atoms with van der Waals surface area (Å²) in [5, 5.41) is 9.18. The van der Waals surface area contributed by atoms with Crippen molar-refractivity contribution in [1.82, 2.24) is 0 Å². The highest BCUT2D eigenvalue weighted by atomic mass is 79.9. The van der Waals surface area contributed by atoms with Gasteiger partial charge in [0, 0.05) is 4.47 Å². The van der Waals surface area contributed by atoms with Crippen molar-refractivity contribution in [2.75, 3.05) is 0 Å². The van der Waals surface area contributed by atoms with Crippen LogP contribution in [0.4, 0.5) is 13.2 Å². The van der Waals surface area contributed by atoms with Crippen molar-refractivity contribution in [1.29, 1.82) is 0 Å². The van der Waals surface area contributed by atoms with Gasteiger partial charge in [0.25, 0.3) is 0 Å². The second kappa shape index (κ2) is 4.08. The van der Waals surface area contributed by atoms with Gasteiger partial charge in [-0.25, -0.2) is 0 Å². The average molecular weight is 289 g/mol. The molecule has 0 aliphatic carbocycles. The van der Waals surface area contributed by atoms with Gasteiger partial charge in [-0.2, -0.15) is 13.2 Å². The minimum absolute atomic E-state index is 0.242. The quantitative estimate of drug-likeness (QED) is 0.836. The maximum atomic E-state index is 12.1. The molecule has 0 aromatic heterocycles. The lowest BCUT2D eigenvalue weighted by molar-refractivity contribution is -0.206. The van der Waals surface area contributed by atoms with Crippen molar-refractivity contribution in [2.24, 2.45) is 0 Å². The number of alkyl halides is 3. The van der Waals surface area contributed by atoms with Crippen LogP contribution in [0, 0.1) is 0 Å². The Morgan fingerprint density at radius 3 is 2.36 bits per heavy atom. The lowest BCUT2D eigenvalue weighted by atomic mass is 10.1. The Labute approximate surface area is 91.6 Å². The molecule has 14 heavy (non-hydrogen) atoms. The fraction of sp³-hybridized carbons (Fsp3) is 0.250. The zero-order valence-corrected chi connectivity index (χ0v) is 8.99. The van der Waals surface area contributed by atoms with Crippen molar-refractivity contribution < 1.29 is 18.3 Å². The molecule has 1 aromatic rings. The molecule has 0 fully saturated rings. The van der Waals surface area contributed by atoms with Gasteiger partial charge in [-0.1, -0.05) is 17.7 Å². The SMILES string of the molecule is OC(c1ccc(Cl)c(Br)c1)C(F)(F)F. The number of aliphatic hydroxyl groups is 1. The van der Waals surface area contributed by atoms with Crippen LogP contribution in [0.2, 0.25) is 5.02 Å². The molecule has 1 atom stereocenters. The molecule has 1 unspecified atom stereocenters. The van der Waals surface area contributed by atoms with Gasteiger partial charge in [0.1, 0.15) is 0 Å². The monoisotopic (exact) mass is 288 g/mol. The van der Waals surface area contributed by atoms with Crippen LogP contribution < -0.4 is 0 Å². The van der Waals surface area contributed by atoms with E-state index in [0.29, 0.717) is 9.50 Å². The molecule has 1 aromatic carbocycles. The molecule has 0 aliphatic heterocycles. The molecule has 1 N–H and O–H groups in total. The van der Waals surface area contributed by atoms with Gasteiger partial charge in [0.05, 0.1) is 5.02 Å². The Morgan fingerprint density at radius 2 is 1.93 bits per heavy atom. The third-order valence-electron chi connectivity index (χ3n) is 1.57. The summed E-state index contributed by atoms with van der Waals surface area (Å²) < 4.78 is 36.5. The first-order chi connectivity index (χ1) is 6.32. The van der Waals surface area contributed by atoms with Crippen LogP contribution in [0.15, 0.2) is 22.7 Å². The largest absolute Gasteiger partial charge is 0.418 e. The summed E-state index contributed by atoms with van der Waals surface area (Å²) in [7, 11) is 0. The van der Waals surface area contributed by atoms with Gasteiger partial charge in [0.2, 0.25) is 0 Å². The van der Waals surface area contributed by atoms with Crippen LogP contribution in [-0.4, -0.2) is 11.3 Å². The topological polar surface area (TPSA) is 20.2 Å². The van der Waals surface area contributed by atoms with E-state index in [2.05, 4.69) is 15.9 Å². The molecule has 0 radical (unpaired) electrons. The zero-order valence-electron chi connectivity index (χ0n) is 6.65. The average Bonchev–Trinajstić information content (AvgIpc) is 2.07. The van der Waals surface area contributed by atoms with Crippen molar-refractivity contribution in [3.8, 4) is 0 Å². The first-order valence-corrected chi connectivity index (χ1v) is 4.69. The Bertz CT molecular complexity index is 340. The van der Waals surface area contributed by atoms with Crippen LogP contribution >= 0.6 is 27.5 Å². The molecule has 0 saturated heterocycles. The first-order valence-electron chi connectivity index (χ1n) is 3.52. The third-order valence-corrected chi connectivity index (χ3v) is 2.78. The van der Waals surface area contributed by atoms with E-state index >= 15 is 0 Å². The fourth-order valence-electron chi connectivity index (χ4n) is 0.871. The second-order valence-electron chi connectivity index (χ2n) is 2.62. The Morgan fingerprint density at radius 1 is 1.36 bits per heavy atom. The van der Waals surface area contributed by atoms with Gasteiger partial charge < -0.3 is 5.11 Å². The summed E-state index contributed by atoms with van der Waals surface area (Å²) in [4.78, 5) is 0. The summed E-state index contributed by atoms with van der Waals surface area (Å²) in [6.07, 6.45) is -7.14. The molecule has 1 nitrogen and oxygen atoms in total. The van der Waals surface area contributed by atoms with E-state index < -0.39 is 12.3 Å². The van der Waals surface area contributed by atoms with Crippen molar-refractivity contribution >= 4 is 27.5 Å². The molecule has 0 saturated carbocycles. The van der Waals surface area contributed by atoms with E-state index in [1.165, 1.54) is 6.07 Å². The number of hydrogen-bond donors (Lipinski definition) is 1. The normalized spacial score (nSPS) is 14.1. The molecule has 6 heteroatoms. The number of aliphatic hydroxyl groups excluding tert-OH is 1. The number of rotatable bonds is 1. The maximum Gasteiger partial charge on any atom is 0.418 e. The summed E-state index contributed by atoms with van der Waals surface area (Å²) in [5.74, 6) is 0. The standard InChI is InChI=1S/C8H5BrClF3O/c9-5-3-4(1-2-6(5)10)7(14)8(11,12)13/h1-3,7,14H. The molecule has 1 rings (SSSR count). The van der Waals surface area contributed by atoms with Crippen LogP contribution in [-0.2, 0) is 0 Å². The van der Waals surface area contributed by atoms with E-state index in [4.69, 9.17) is 16.7 Å².